The summed E-state index contributed by atoms with van der Waals surface area (Å²) in [5.74, 6) is 1.58. The highest BCUT2D eigenvalue weighted by Crippen LogP contribution is 2.23. The number of nitrogens with zero attached hydrogens (tertiary/aromatic N) is 1. The van der Waals surface area contributed by atoms with Gasteiger partial charge in [-0.1, -0.05) is 38.8 Å². The first-order chi connectivity index (χ1) is 11.0. The van der Waals surface area contributed by atoms with E-state index in [4.69, 9.17) is 4.52 Å². The number of carbonyl (C=O) groups is 1. The second kappa shape index (κ2) is 8.47. The number of carbonyl (C=O) groups excluding carboxylic acids is 1. The van der Waals surface area contributed by atoms with E-state index in [0.717, 1.165) is 31.4 Å². The van der Waals surface area contributed by atoms with E-state index in [1.54, 1.807) is 0 Å². The standard InChI is InChI=1S/C16H27N3O3S/c1-4-23(21)15-8-6-5-7-13(15)18-16(20)17-10-12-9-14(11(2)3)19-22-12/h9,11,13,15H,4-8,10H2,1-3H3,(H2,17,18,20)/t13-,15-,23+/m1/s1. The van der Waals surface area contributed by atoms with E-state index < -0.39 is 10.8 Å². The highest BCUT2D eigenvalue weighted by atomic mass is 32.2. The van der Waals surface area contributed by atoms with Gasteiger partial charge >= 0.3 is 6.03 Å². The van der Waals surface area contributed by atoms with Crippen molar-refractivity contribution in [2.24, 2.45) is 0 Å². The smallest absolute Gasteiger partial charge is 0.315 e. The Morgan fingerprint density at radius 2 is 2.17 bits per heavy atom. The molecule has 2 rings (SSSR count). The zero-order chi connectivity index (χ0) is 16.8. The molecule has 1 aromatic heterocycles. The lowest BCUT2D eigenvalue weighted by Crippen LogP contribution is -2.50. The summed E-state index contributed by atoms with van der Waals surface area (Å²) in [5.41, 5.74) is 0.882. The first kappa shape index (κ1) is 18.0. The molecule has 0 aliphatic heterocycles. The molecule has 1 heterocycles. The summed E-state index contributed by atoms with van der Waals surface area (Å²) in [6, 6.07) is 1.61. The Morgan fingerprint density at radius 1 is 1.43 bits per heavy atom. The van der Waals surface area contributed by atoms with Crippen LogP contribution in [0.5, 0.6) is 0 Å². The minimum atomic E-state index is -0.873. The number of nitrogens with one attached hydrogen (secondary N) is 2. The Morgan fingerprint density at radius 3 is 2.83 bits per heavy atom. The first-order valence-electron chi connectivity index (χ1n) is 8.38. The van der Waals surface area contributed by atoms with Crippen LogP contribution in [0.1, 0.15) is 63.8 Å². The molecule has 1 saturated carbocycles. The Bertz CT molecular complexity index is 544. The van der Waals surface area contributed by atoms with Crippen molar-refractivity contribution >= 4 is 16.8 Å². The van der Waals surface area contributed by atoms with Gasteiger partial charge in [0.15, 0.2) is 5.76 Å². The van der Waals surface area contributed by atoms with Gasteiger partial charge in [0.25, 0.3) is 0 Å². The van der Waals surface area contributed by atoms with E-state index in [1.807, 2.05) is 26.8 Å². The third kappa shape index (κ3) is 5.06. The Balaban J connectivity index is 1.84. The molecule has 0 bridgehead atoms. The third-order valence-corrected chi connectivity index (χ3v) is 6.04. The molecule has 1 aromatic rings. The quantitative estimate of drug-likeness (QED) is 0.833. The largest absolute Gasteiger partial charge is 0.359 e. The third-order valence-electron chi connectivity index (χ3n) is 4.23. The van der Waals surface area contributed by atoms with Gasteiger partial charge in [-0.05, 0) is 18.8 Å². The maximum atomic E-state index is 12.1. The zero-order valence-electron chi connectivity index (χ0n) is 14.1. The predicted octanol–water partition coefficient (Wildman–Crippen LogP) is 2.68. The van der Waals surface area contributed by atoms with Crippen molar-refractivity contribution in [2.45, 2.75) is 70.2 Å². The summed E-state index contributed by atoms with van der Waals surface area (Å²) in [5, 5.41) is 9.81. The van der Waals surface area contributed by atoms with Crippen molar-refractivity contribution in [2.75, 3.05) is 5.75 Å². The molecular weight excluding hydrogens is 314 g/mol. The molecule has 0 saturated heterocycles. The molecule has 2 amide bonds. The van der Waals surface area contributed by atoms with E-state index in [0.29, 0.717) is 24.0 Å². The second-order valence-electron chi connectivity index (χ2n) is 6.30. The highest BCUT2D eigenvalue weighted by Gasteiger charge is 2.30. The van der Waals surface area contributed by atoms with Crippen molar-refractivity contribution < 1.29 is 13.5 Å². The van der Waals surface area contributed by atoms with Crippen LogP contribution in [-0.2, 0) is 17.3 Å². The minimum Gasteiger partial charge on any atom is -0.359 e. The Kier molecular flexibility index (Phi) is 6.62. The molecular formula is C16H27N3O3S. The monoisotopic (exact) mass is 341 g/mol. The van der Waals surface area contributed by atoms with E-state index in [-0.39, 0.29) is 17.3 Å². The van der Waals surface area contributed by atoms with Crippen LogP contribution in [0.15, 0.2) is 10.6 Å². The fraction of sp³-hybridized carbons (Fsp3) is 0.750. The number of amides is 2. The minimum absolute atomic E-state index is 0.00881. The van der Waals surface area contributed by atoms with Gasteiger partial charge in [0.1, 0.15) is 0 Å². The van der Waals surface area contributed by atoms with Gasteiger partial charge < -0.3 is 15.2 Å². The lowest BCUT2D eigenvalue weighted by Gasteiger charge is -2.31. The van der Waals surface area contributed by atoms with Gasteiger partial charge in [0.05, 0.1) is 17.5 Å². The summed E-state index contributed by atoms with van der Waals surface area (Å²) < 4.78 is 17.3. The van der Waals surface area contributed by atoms with E-state index >= 15 is 0 Å². The average Bonchev–Trinajstić information content (AvgIpc) is 3.02. The Hall–Kier alpha value is -1.37. The number of rotatable bonds is 6. The van der Waals surface area contributed by atoms with Crippen molar-refractivity contribution in [3.63, 3.8) is 0 Å². The van der Waals surface area contributed by atoms with Gasteiger partial charge in [-0.3, -0.25) is 4.21 Å². The highest BCUT2D eigenvalue weighted by molar-refractivity contribution is 7.85. The maximum Gasteiger partial charge on any atom is 0.315 e. The van der Waals surface area contributed by atoms with Crippen molar-refractivity contribution in [3.05, 3.63) is 17.5 Å². The van der Waals surface area contributed by atoms with Crippen LogP contribution in [0.3, 0.4) is 0 Å². The average molecular weight is 341 g/mol. The summed E-state index contributed by atoms with van der Waals surface area (Å²) in [6.45, 7) is 6.32. The Labute approximate surface area is 140 Å². The fourth-order valence-corrected chi connectivity index (χ4v) is 4.29. The summed E-state index contributed by atoms with van der Waals surface area (Å²) >= 11 is 0. The van der Waals surface area contributed by atoms with Gasteiger partial charge in [0, 0.05) is 28.7 Å². The van der Waals surface area contributed by atoms with Gasteiger partial charge in [-0.2, -0.15) is 0 Å². The van der Waals surface area contributed by atoms with Crippen LogP contribution < -0.4 is 10.6 Å². The molecule has 7 heteroatoms. The predicted molar refractivity (Wildman–Crippen MR) is 90.7 cm³/mol. The number of hydrogen-bond acceptors (Lipinski definition) is 4. The van der Waals surface area contributed by atoms with Crippen molar-refractivity contribution in [3.8, 4) is 0 Å². The summed E-state index contributed by atoms with van der Waals surface area (Å²) in [7, 11) is -0.873. The van der Waals surface area contributed by atoms with Crippen molar-refractivity contribution in [1.82, 2.24) is 15.8 Å². The summed E-state index contributed by atoms with van der Waals surface area (Å²) in [4.78, 5) is 12.1. The van der Waals surface area contributed by atoms with Gasteiger partial charge in [0.2, 0.25) is 0 Å². The topological polar surface area (TPSA) is 84.2 Å². The van der Waals surface area contributed by atoms with Gasteiger partial charge in [-0.15, -0.1) is 0 Å². The number of aromatic nitrogens is 1. The molecule has 1 fully saturated rings. The lowest BCUT2D eigenvalue weighted by molar-refractivity contribution is 0.231. The molecule has 0 radical (unpaired) electrons. The lowest BCUT2D eigenvalue weighted by atomic mass is 9.95. The molecule has 0 spiro atoms. The van der Waals surface area contributed by atoms with Gasteiger partial charge in [-0.25, -0.2) is 4.79 Å². The van der Waals surface area contributed by atoms with E-state index in [1.165, 1.54) is 0 Å². The molecule has 2 N–H and O–H groups in total. The maximum absolute atomic E-state index is 12.1. The normalized spacial score (nSPS) is 22.8. The van der Waals surface area contributed by atoms with Crippen LogP contribution in [0.25, 0.3) is 0 Å². The molecule has 0 aromatic carbocycles. The van der Waals surface area contributed by atoms with Crippen LogP contribution >= 0.6 is 0 Å². The van der Waals surface area contributed by atoms with Crippen LogP contribution in [0.4, 0.5) is 4.79 Å². The second-order valence-corrected chi connectivity index (χ2v) is 8.24. The first-order valence-corrected chi connectivity index (χ1v) is 9.76. The molecule has 1 aliphatic rings. The molecule has 0 unspecified atom stereocenters. The van der Waals surface area contributed by atoms with Crippen LogP contribution in [-0.4, -0.2) is 32.4 Å². The molecule has 130 valence electrons. The zero-order valence-corrected chi connectivity index (χ0v) is 14.9. The SMILES string of the molecule is CC[S@](=O)[C@@H]1CCCC[C@H]1NC(=O)NCc1cc(C(C)C)no1. The molecule has 1 aliphatic carbocycles. The number of hydrogen-bond donors (Lipinski definition) is 2. The summed E-state index contributed by atoms with van der Waals surface area (Å²) in [6.07, 6.45) is 3.98. The van der Waals surface area contributed by atoms with E-state index in [9.17, 15) is 9.00 Å². The van der Waals surface area contributed by atoms with Crippen molar-refractivity contribution in [1.29, 1.82) is 0 Å². The van der Waals surface area contributed by atoms with Crippen LogP contribution in [0.2, 0.25) is 0 Å². The van der Waals surface area contributed by atoms with Crippen LogP contribution in [0, 0.1) is 0 Å². The molecule has 6 nitrogen and oxygen atoms in total. The molecule has 23 heavy (non-hydrogen) atoms. The fourth-order valence-electron chi connectivity index (χ4n) is 2.86. The number of urea groups is 1. The molecule has 3 atom stereocenters. The van der Waals surface area contributed by atoms with E-state index in [2.05, 4.69) is 15.8 Å².